The molecule has 0 aliphatic rings. The minimum absolute atomic E-state index is 0.0776. The zero-order valence-electron chi connectivity index (χ0n) is 38.0. The number of hydrogen-bond acceptors (Lipinski definition) is 6. The first kappa shape index (κ1) is 55.9. The van der Waals surface area contributed by atoms with E-state index in [0.717, 1.165) is 64.2 Å². The molecule has 0 aromatic carbocycles. The van der Waals surface area contributed by atoms with Gasteiger partial charge in [0.05, 0.1) is 34.4 Å². The lowest BCUT2D eigenvalue weighted by atomic mass is 10.0. The van der Waals surface area contributed by atoms with Crippen LogP contribution in [0, 0.1) is 0 Å². The third-order valence-corrected chi connectivity index (χ3v) is 10.5. The molecule has 0 aromatic heterocycles. The summed E-state index contributed by atoms with van der Waals surface area (Å²) in [6.45, 7) is 5.45. The maximum Gasteiger partial charge on any atom is 0.472 e. The van der Waals surface area contributed by atoms with Crippen molar-refractivity contribution >= 4 is 13.8 Å². The van der Waals surface area contributed by atoms with E-state index in [0.29, 0.717) is 24.1 Å². The van der Waals surface area contributed by atoms with Crippen LogP contribution in [0.2, 0.25) is 0 Å². The second-order valence-electron chi connectivity index (χ2n) is 16.4. The number of ether oxygens (including phenoxy) is 2. The Morgan fingerprint density at radius 2 is 1.00 bits per heavy atom. The number of hydrogen-bond donors (Lipinski definition) is 1. The van der Waals surface area contributed by atoms with E-state index in [1.54, 1.807) is 0 Å². The molecule has 8 nitrogen and oxygen atoms in total. The topological polar surface area (TPSA) is 91.3 Å². The number of phosphoric ester groups is 1. The van der Waals surface area contributed by atoms with Crippen LogP contribution in [0.3, 0.4) is 0 Å². The summed E-state index contributed by atoms with van der Waals surface area (Å²) >= 11 is 0. The highest BCUT2D eigenvalue weighted by molar-refractivity contribution is 7.47. The van der Waals surface area contributed by atoms with Crippen LogP contribution in [-0.2, 0) is 27.9 Å². The molecule has 0 aromatic rings. The second kappa shape index (κ2) is 41.7. The highest BCUT2D eigenvalue weighted by atomic mass is 31.2. The number of carbonyl (C=O) groups excluding carboxylic acids is 1. The van der Waals surface area contributed by atoms with E-state index in [2.05, 4.69) is 86.8 Å². The van der Waals surface area contributed by atoms with Crippen LogP contribution in [0.15, 0.2) is 72.9 Å². The van der Waals surface area contributed by atoms with Gasteiger partial charge in [-0.1, -0.05) is 177 Å². The molecule has 9 heteroatoms. The molecule has 0 aliphatic carbocycles. The summed E-state index contributed by atoms with van der Waals surface area (Å²) in [6.07, 6.45) is 53.7. The predicted molar refractivity (Wildman–Crippen MR) is 247 cm³/mol. The standard InChI is InChI=1S/C49H88NO7P/c1-6-8-10-12-14-16-18-20-22-23-24-25-26-27-28-30-32-34-36-38-40-42-49(51)57-48(47-56-58(52,53)55-45-43-50(3,4)5)46-54-44-41-39-37-35-33-31-29-21-19-17-15-13-11-9-7-2/h8,10,14,16,20,22,24-25,27-28,32,34,48H,6-7,9,11-13,15,17-19,21,23,26,29-31,33,35-47H2,1-5H3/p+1/b10-8-,16-14-,22-20-,25-24-,28-27-,34-32-. The Balaban J connectivity index is 4.31. The lowest BCUT2D eigenvalue weighted by molar-refractivity contribution is -0.870. The summed E-state index contributed by atoms with van der Waals surface area (Å²) in [6, 6.07) is 0. The normalized spacial score (nSPS) is 14.4. The molecule has 0 radical (unpaired) electrons. The number of esters is 1. The SMILES string of the molecule is CC/C=C\C/C=C\C/C=C\C/C=C\C/C=C\C/C=C\CCCCC(=O)OC(COCCCCCCCCCCCCCCCCC)COP(=O)(O)OCC[N+](C)(C)C. The van der Waals surface area contributed by atoms with Crippen LogP contribution in [0.4, 0.5) is 0 Å². The molecule has 0 saturated heterocycles. The molecule has 2 unspecified atom stereocenters. The van der Waals surface area contributed by atoms with Gasteiger partial charge < -0.3 is 18.9 Å². The molecule has 0 amide bonds. The average molecular weight is 835 g/mol. The van der Waals surface area contributed by atoms with Gasteiger partial charge in [-0.2, -0.15) is 0 Å². The maximum absolute atomic E-state index is 12.7. The molecule has 1 N–H and O–H groups in total. The van der Waals surface area contributed by atoms with Crippen LogP contribution in [0.1, 0.15) is 174 Å². The maximum atomic E-state index is 12.7. The Morgan fingerprint density at radius 1 is 0.552 bits per heavy atom. The van der Waals surface area contributed by atoms with Gasteiger partial charge in [-0.05, 0) is 64.2 Å². The second-order valence-corrected chi connectivity index (χ2v) is 17.9. The van der Waals surface area contributed by atoms with Crippen LogP contribution < -0.4 is 0 Å². The van der Waals surface area contributed by atoms with Crippen LogP contribution >= 0.6 is 7.82 Å². The minimum Gasteiger partial charge on any atom is -0.457 e. The fraction of sp³-hybridized carbons (Fsp3) is 0.735. The van der Waals surface area contributed by atoms with E-state index in [1.807, 2.05) is 21.1 Å². The van der Waals surface area contributed by atoms with Gasteiger partial charge in [0.1, 0.15) is 19.3 Å². The third kappa shape index (κ3) is 45.0. The molecular weight excluding hydrogens is 746 g/mol. The number of allylic oxidation sites excluding steroid dienone is 12. The molecule has 0 bridgehead atoms. The van der Waals surface area contributed by atoms with Gasteiger partial charge >= 0.3 is 13.8 Å². The van der Waals surface area contributed by atoms with Crippen molar-refractivity contribution in [2.75, 3.05) is 54.1 Å². The number of carbonyl (C=O) groups is 1. The van der Waals surface area contributed by atoms with E-state index in [-0.39, 0.29) is 32.2 Å². The number of likely N-dealkylation sites (N-methyl/N-ethyl adjacent to an activating group) is 1. The molecule has 0 spiro atoms. The smallest absolute Gasteiger partial charge is 0.457 e. The summed E-state index contributed by atoms with van der Waals surface area (Å²) in [5.41, 5.74) is 0. The molecular formula is C49H89NO7P+. The van der Waals surface area contributed by atoms with E-state index < -0.39 is 13.9 Å². The predicted octanol–water partition coefficient (Wildman–Crippen LogP) is 13.9. The highest BCUT2D eigenvalue weighted by Gasteiger charge is 2.26. The quantitative estimate of drug-likeness (QED) is 0.0215. The molecule has 58 heavy (non-hydrogen) atoms. The molecule has 0 heterocycles. The van der Waals surface area contributed by atoms with Gasteiger partial charge in [0.25, 0.3) is 0 Å². The number of rotatable bonds is 42. The molecule has 336 valence electrons. The summed E-state index contributed by atoms with van der Waals surface area (Å²) in [4.78, 5) is 22.9. The fourth-order valence-electron chi connectivity index (χ4n) is 5.97. The van der Waals surface area contributed by atoms with Crippen molar-refractivity contribution in [3.63, 3.8) is 0 Å². The van der Waals surface area contributed by atoms with Crippen LogP contribution in [0.5, 0.6) is 0 Å². The molecule has 0 fully saturated rings. The minimum atomic E-state index is -4.29. The lowest BCUT2D eigenvalue weighted by Gasteiger charge is -2.24. The van der Waals surface area contributed by atoms with Crippen molar-refractivity contribution in [2.45, 2.75) is 180 Å². The van der Waals surface area contributed by atoms with Gasteiger partial charge in [0.15, 0.2) is 0 Å². The number of unbranched alkanes of at least 4 members (excludes halogenated alkanes) is 16. The number of phosphoric acid groups is 1. The zero-order chi connectivity index (χ0) is 42.7. The number of nitrogens with zero attached hydrogens (tertiary/aromatic N) is 1. The van der Waals surface area contributed by atoms with E-state index >= 15 is 0 Å². The monoisotopic (exact) mass is 835 g/mol. The van der Waals surface area contributed by atoms with Crippen molar-refractivity contribution in [2.24, 2.45) is 0 Å². The lowest BCUT2D eigenvalue weighted by Crippen LogP contribution is -2.37. The third-order valence-electron chi connectivity index (χ3n) is 9.53. The zero-order valence-corrected chi connectivity index (χ0v) is 38.9. The van der Waals surface area contributed by atoms with Gasteiger partial charge in [-0.15, -0.1) is 0 Å². The van der Waals surface area contributed by atoms with Gasteiger partial charge in [0.2, 0.25) is 0 Å². The highest BCUT2D eigenvalue weighted by Crippen LogP contribution is 2.43. The average Bonchev–Trinajstić information content (AvgIpc) is 3.18. The summed E-state index contributed by atoms with van der Waals surface area (Å²) < 4.78 is 35.0. The van der Waals surface area contributed by atoms with Crippen molar-refractivity contribution in [1.29, 1.82) is 0 Å². The van der Waals surface area contributed by atoms with Crippen LogP contribution in [-0.4, -0.2) is 75.6 Å². The Kier molecular flexibility index (Phi) is 40.2. The van der Waals surface area contributed by atoms with Crippen molar-refractivity contribution in [3.05, 3.63) is 72.9 Å². The molecule has 0 rings (SSSR count). The van der Waals surface area contributed by atoms with E-state index in [4.69, 9.17) is 18.5 Å². The van der Waals surface area contributed by atoms with E-state index in [9.17, 15) is 14.3 Å². The first-order chi connectivity index (χ1) is 28.1. The van der Waals surface area contributed by atoms with Gasteiger partial charge in [0, 0.05) is 13.0 Å². The fourth-order valence-corrected chi connectivity index (χ4v) is 6.71. The van der Waals surface area contributed by atoms with Gasteiger partial charge in [-0.3, -0.25) is 13.8 Å². The first-order valence-electron chi connectivity index (χ1n) is 23.2. The Morgan fingerprint density at radius 3 is 1.47 bits per heavy atom. The Bertz CT molecular complexity index is 1150. The molecule has 2 atom stereocenters. The summed E-state index contributed by atoms with van der Waals surface area (Å²) in [5.74, 6) is -0.356. The summed E-state index contributed by atoms with van der Waals surface area (Å²) in [5, 5.41) is 0. The van der Waals surface area contributed by atoms with Crippen molar-refractivity contribution in [3.8, 4) is 0 Å². The largest absolute Gasteiger partial charge is 0.472 e. The Labute approximate surface area is 357 Å². The number of quaternary nitrogens is 1. The molecule has 0 aliphatic heterocycles. The van der Waals surface area contributed by atoms with Gasteiger partial charge in [-0.25, -0.2) is 4.57 Å². The summed E-state index contributed by atoms with van der Waals surface area (Å²) in [7, 11) is 1.63. The Hall–Kier alpha value is -2.06. The van der Waals surface area contributed by atoms with Crippen molar-refractivity contribution in [1.82, 2.24) is 0 Å². The van der Waals surface area contributed by atoms with E-state index in [1.165, 1.54) is 83.5 Å². The first-order valence-corrected chi connectivity index (χ1v) is 24.7. The van der Waals surface area contributed by atoms with Crippen molar-refractivity contribution < 1.29 is 37.3 Å². The molecule has 0 saturated carbocycles. The van der Waals surface area contributed by atoms with Crippen LogP contribution in [0.25, 0.3) is 0 Å².